The Morgan fingerprint density at radius 3 is 2.68 bits per heavy atom. The summed E-state index contributed by atoms with van der Waals surface area (Å²) in [5.74, 6) is -0.00624. The van der Waals surface area contributed by atoms with Gasteiger partial charge in [-0.3, -0.25) is 9.69 Å². The van der Waals surface area contributed by atoms with Gasteiger partial charge in [-0.1, -0.05) is 6.92 Å². The zero-order chi connectivity index (χ0) is 13.9. The Hall–Kier alpha value is -1.12. The smallest absolute Gasteiger partial charge is 0.242 e. The van der Waals surface area contributed by atoms with Crippen LogP contribution in [-0.4, -0.2) is 61.1 Å². The zero-order valence-electron chi connectivity index (χ0n) is 11.9. The lowest BCUT2D eigenvalue weighted by Gasteiger charge is -2.32. The number of nitriles is 1. The van der Waals surface area contributed by atoms with Crippen LogP contribution in [0.4, 0.5) is 0 Å². The van der Waals surface area contributed by atoms with Gasteiger partial charge in [0.1, 0.15) is 5.41 Å². The summed E-state index contributed by atoms with van der Waals surface area (Å²) in [7, 11) is 0. The third-order valence-corrected chi connectivity index (χ3v) is 4.44. The molecule has 5 heteroatoms. The molecule has 2 saturated heterocycles. The number of amides is 1. The number of carbonyl (C=O) groups is 1. The lowest BCUT2D eigenvalue weighted by Crippen LogP contribution is -2.46. The maximum absolute atomic E-state index is 12.4. The van der Waals surface area contributed by atoms with Crippen LogP contribution in [0, 0.1) is 16.7 Å². The van der Waals surface area contributed by atoms with Crippen LogP contribution in [0.25, 0.3) is 0 Å². The Labute approximate surface area is 115 Å². The van der Waals surface area contributed by atoms with E-state index < -0.39 is 5.41 Å². The second-order valence-electron chi connectivity index (χ2n) is 5.64. The fourth-order valence-corrected chi connectivity index (χ4v) is 2.79. The monoisotopic (exact) mass is 265 g/mol. The minimum atomic E-state index is -0.861. The van der Waals surface area contributed by atoms with Gasteiger partial charge in [0.05, 0.1) is 19.3 Å². The Balaban J connectivity index is 1.94. The first kappa shape index (κ1) is 14.3. The molecule has 0 aromatic rings. The molecule has 0 N–H and O–H groups in total. The third kappa shape index (κ3) is 2.90. The Morgan fingerprint density at radius 2 is 2.11 bits per heavy atom. The summed E-state index contributed by atoms with van der Waals surface area (Å²) in [6.45, 7) is 8.67. The van der Waals surface area contributed by atoms with Gasteiger partial charge in [-0.05, 0) is 19.8 Å². The van der Waals surface area contributed by atoms with Gasteiger partial charge in [-0.25, -0.2) is 0 Å². The van der Waals surface area contributed by atoms with E-state index in [4.69, 9.17) is 4.74 Å². The van der Waals surface area contributed by atoms with Gasteiger partial charge in [0, 0.05) is 32.2 Å². The molecule has 0 aromatic carbocycles. The maximum Gasteiger partial charge on any atom is 0.242 e. The van der Waals surface area contributed by atoms with Gasteiger partial charge < -0.3 is 9.64 Å². The average Bonchev–Trinajstić information content (AvgIpc) is 2.96. The molecule has 0 aliphatic carbocycles. The molecule has 2 fully saturated rings. The van der Waals surface area contributed by atoms with E-state index in [2.05, 4.69) is 11.0 Å². The quantitative estimate of drug-likeness (QED) is 0.759. The van der Waals surface area contributed by atoms with E-state index in [9.17, 15) is 10.1 Å². The lowest BCUT2D eigenvalue weighted by molar-refractivity contribution is -0.137. The number of carbonyl (C=O) groups excluding carboxylic acids is 1. The van der Waals surface area contributed by atoms with Crippen molar-refractivity contribution in [2.75, 3.05) is 39.4 Å². The number of nitrogens with zero attached hydrogens (tertiary/aromatic N) is 3. The second-order valence-corrected chi connectivity index (χ2v) is 5.64. The van der Waals surface area contributed by atoms with E-state index in [1.807, 2.05) is 11.8 Å². The molecule has 0 saturated carbocycles. The third-order valence-electron chi connectivity index (χ3n) is 4.44. The number of likely N-dealkylation sites (tertiary alicyclic amines) is 1. The van der Waals surface area contributed by atoms with Crippen LogP contribution < -0.4 is 0 Å². The maximum atomic E-state index is 12.4. The number of morpholine rings is 1. The van der Waals surface area contributed by atoms with Crippen molar-refractivity contribution in [3.05, 3.63) is 0 Å². The molecule has 0 aromatic heterocycles. The van der Waals surface area contributed by atoms with Crippen molar-refractivity contribution >= 4 is 5.91 Å². The summed E-state index contributed by atoms with van der Waals surface area (Å²) in [6.07, 6.45) is 1.58. The summed E-state index contributed by atoms with van der Waals surface area (Å²) in [5, 5.41) is 9.21. The van der Waals surface area contributed by atoms with E-state index in [0.717, 1.165) is 45.8 Å². The summed E-state index contributed by atoms with van der Waals surface area (Å²) in [6, 6.07) is 2.61. The molecule has 2 unspecified atom stereocenters. The van der Waals surface area contributed by atoms with E-state index in [0.29, 0.717) is 12.5 Å². The molecular formula is C14H23N3O2. The Kier molecular flexibility index (Phi) is 4.43. The molecule has 1 amide bonds. The van der Waals surface area contributed by atoms with Gasteiger partial charge in [-0.2, -0.15) is 5.26 Å². The van der Waals surface area contributed by atoms with Crippen molar-refractivity contribution in [3.63, 3.8) is 0 Å². The fraction of sp³-hybridized carbons (Fsp3) is 0.857. The van der Waals surface area contributed by atoms with Gasteiger partial charge in [0.25, 0.3) is 0 Å². The molecule has 2 aliphatic heterocycles. The molecule has 19 heavy (non-hydrogen) atoms. The molecular weight excluding hydrogens is 242 g/mol. The molecule has 2 heterocycles. The highest BCUT2D eigenvalue weighted by Crippen LogP contribution is 2.26. The molecule has 2 aliphatic rings. The summed E-state index contributed by atoms with van der Waals surface area (Å²) in [4.78, 5) is 16.7. The Morgan fingerprint density at radius 1 is 1.42 bits per heavy atom. The largest absolute Gasteiger partial charge is 0.379 e. The highest BCUT2D eigenvalue weighted by atomic mass is 16.5. The van der Waals surface area contributed by atoms with Crippen molar-refractivity contribution in [2.45, 2.75) is 32.7 Å². The predicted molar refractivity (Wildman–Crippen MR) is 71.4 cm³/mol. The minimum absolute atomic E-state index is 0.00624. The summed E-state index contributed by atoms with van der Waals surface area (Å²) < 4.78 is 5.36. The molecule has 106 valence electrons. The number of hydrogen-bond acceptors (Lipinski definition) is 4. The fourth-order valence-electron chi connectivity index (χ4n) is 2.79. The first-order chi connectivity index (χ1) is 9.10. The van der Waals surface area contributed by atoms with Gasteiger partial charge in [-0.15, -0.1) is 0 Å². The van der Waals surface area contributed by atoms with Crippen molar-refractivity contribution in [3.8, 4) is 6.07 Å². The predicted octanol–water partition coefficient (Wildman–Crippen LogP) is 0.859. The second kappa shape index (κ2) is 5.89. The van der Waals surface area contributed by atoms with Gasteiger partial charge in [0.15, 0.2) is 0 Å². The lowest BCUT2D eigenvalue weighted by atomic mass is 9.88. The molecule has 5 nitrogen and oxygen atoms in total. The van der Waals surface area contributed by atoms with E-state index in [1.165, 1.54) is 0 Å². The first-order valence-electron chi connectivity index (χ1n) is 7.13. The van der Waals surface area contributed by atoms with Crippen LogP contribution in [-0.2, 0) is 9.53 Å². The Bertz CT molecular complexity index is 373. The van der Waals surface area contributed by atoms with E-state index in [-0.39, 0.29) is 5.91 Å². The van der Waals surface area contributed by atoms with Crippen LogP contribution >= 0.6 is 0 Å². The summed E-state index contributed by atoms with van der Waals surface area (Å²) >= 11 is 0. The van der Waals surface area contributed by atoms with Crippen LogP contribution in [0.5, 0.6) is 0 Å². The van der Waals surface area contributed by atoms with Crippen LogP contribution in [0.1, 0.15) is 26.7 Å². The topological polar surface area (TPSA) is 56.6 Å². The number of rotatable bonds is 3. The standard InChI is InChI=1S/C14H23N3O2/c1-3-14(2,11-15)13(18)17-5-4-12(10-17)16-6-8-19-9-7-16/h12H,3-10H2,1-2H3. The van der Waals surface area contributed by atoms with Gasteiger partial charge in [0.2, 0.25) is 5.91 Å². The van der Waals surface area contributed by atoms with Crippen LogP contribution in [0.3, 0.4) is 0 Å². The van der Waals surface area contributed by atoms with Crippen LogP contribution in [0.15, 0.2) is 0 Å². The number of hydrogen-bond donors (Lipinski definition) is 0. The highest BCUT2D eigenvalue weighted by molar-refractivity contribution is 5.85. The first-order valence-corrected chi connectivity index (χ1v) is 7.13. The van der Waals surface area contributed by atoms with E-state index >= 15 is 0 Å². The molecule has 2 rings (SSSR count). The van der Waals surface area contributed by atoms with Crippen LogP contribution in [0.2, 0.25) is 0 Å². The molecule has 0 spiro atoms. The molecule has 2 atom stereocenters. The number of ether oxygens (including phenoxy) is 1. The minimum Gasteiger partial charge on any atom is -0.379 e. The molecule has 0 radical (unpaired) electrons. The molecule has 0 bridgehead atoms. The van der Waals surface area contributed by atoms with Crippen molar-refractivity contribution in [2.24, 2.45) is 5.41 Å². The van der Waals surface area contributed by atoms with Gasteiger partial charge >= 0.3 is 0 Å². The van der Waals surface area contributed by atoms with Crippen molar-refractivity contribution in [1.82, 2.24) is 9.80 Å². The summed E-state index contributed by atoms with van der Waals surface area (Å²) in [5.41, 5.74) is -0.861. The van der Waals surface area contributed by atoms with Crippen molar-refractivity contribution in [1.29, 1.82) is 5.26 Å². The van der Waals surface area contributed by atoms with E-state index in [1.54, 1.807) is 6.92 Å². The van der Waals surface area contributed by atoms with Crippen molar-refractivity contribution < 1.29 is 9.53 Å². The average molecular weight is 265 g/mol. The SMILES string of the molecule is CCC(C)(C#N)C(=O)N1CCC(N2CCOCC2)C1. The normalized spacial score (nSPS) is 27.8. The zero-order valence-corrected chi connectivity index (χ0v) is 11.9. The highest BCUT2D eigenvalue weighted by Gasteiger charge is 2.39.